The highest BCUT2D eigenvalue weighted by Gasteiger charge is 2.23. The van der Waals surface area contributed by atoms with Crippen molar-refractivity contribution < 1.29 is 24.5 Å². The van der Waals surface area contributed by atoms with Gasteiger partial charge in [0.25, 0.3) is 0 Å². The van der Waals surface area contributed by atoms with Gasteiger partial charge in [-0.25, -0.2) is 0 Å². The van der Waals surface area contributed by atoms with Gasteiger partial charge in [0, 0.05) is 12.8 Å². The summed E-state index contributed by atoms with van der Waals surface area (Å²) >= 11 is 0. The number of carbonyl (C=O) groups excluding carboxylic acids is 2. The van der Waals surface area contributed by atoms with Crippen LogP contribution in [0.1, 0.15) is 201 Å². The van der Waals surface area contributed by atoms with Crippen molar-refractivity contribution in [2.75, 3.05) is 6.61 Å². The summed E-state index contributed by atoms with van der Waals surface area (Å²) in [6.07, 6.45) is 68.5. The number of hydrogen-bond acceptors (Lipinski definition) is 5. The lowest BCUT2D eigenvalue weighted by atomic mass is 10.0. The van der Waals surface area contributed by atoms with Crippen molar-refractivity contribution in [3.05, 3.63) is 122 Å². The zero-order valence-corrected chi connectivity index (χ0v) is 40.4. The maximum Gasteiger partial charge on any atom is 0.306 e. The minimum absolute atomic E-state index is 0.0366. The van der Waals surface area contributed by atoms with Gasteiger partial charge in [-0.05, 0) is 83.5 Å². The molecule has 6 nitrogen and oxygen atoms in total. The number of aliphatic hydroxyl groups is 2. The monoisotopic (exact) mass is 872 g/mol. The second-order valence-electron chi connectivity index (χ2n) is 16.5. The molecule has 1 amide bonds. The fourth-order valence-corrected chi connectivity index (χ4v) is 6.73. The lowest BCUT2D eigenvalue weighted by Gasteiger charge is -2.24. The Labute approximate surface area is 387 Å². The molecule has 0 aliphatic carbocycles. The van der Waals surface area contributed by atoms with Crippen LogP contribution in [0.5, 0.6) is 0 Å². The number of amides is 1. The van der Waals surface area contributed by atoms with Crippen LogP contribution in [-0.2, 0) is 14.3 Å². The van der Waals surface area contributed by atoms with Crippen molar-refractivity contribution in [3.63, 3.8) is 0 Å². The highest BCUT2D eigenvalue weighted by atomic mass is 16.5. The zero-order chi connectivity index (χ0) is 45.9. The molecule has 6 heteroatoms. The van der Waals surface area contributed by atoms with E-state index in [1.165, 1.54) is 64.2 Å². The van der Waals surface area contributed by atoms with Gasteiger partial charge >= 0.3 is 5.97 Å². The largest absolute Gasteiger partial charge is 0.461 e. The van der Waals surface area contributed by atoms with Gasteiger partial charge in [-0.15, -0.1) is 0 Å². The van der Waals surface area contributed by atoms with Crippen molar-refractivity contribution in [2.45, 2.75) is 219 Å². The van der Waals surface area contributed by atoms with E-state index in [0.29, 0.717) is 19.3 Å². The van der Waals surface area contributed by atoms with E-state index >= 15 is 0 Å². The highest BCUT2D eigenvalue weighted by molar-refractivity contribution is 5.77. The quantitative estimate of drug-likeness (QED) is 0.0322. The van der Waals surface area contributed by atoms with Gasteiger partial charge in [0.1, 0.15) is 6.10 Å². The van der Waals surface area contributed by atoms with Crippen LogP contribution >= 0.6 is 0 Å². The Morgan fingerprint density at radius 2 is 0.889 bits per heavy atom. The standard InChI is InChI=1S/C57H93NO5/c1-4-7-10-13-16-19-22-24-26-27-28-29-31-33-35-38-41-44-47-50-57(62)63-53(48-45-42-39-36-34-32-30-25-23-20-17-14-11-8-5-2)51-56(61)58-54(52-59)55(60)49-46-43-40-37-21-18-15-12-9-6-3/h7,10,16-17,19-20,24-26,28-30,33-36,41-42,44-45,53-55,59-60H,4-6,8-9,11-15,18,21-23,27,31-32,37-40,43,46-52H2,1-3H3,(H,58,61)/b10-7-,19-16-,20-17-,26-24-,29-28-,30-25-,35-33-,36-34-,44-41-,45-42-. The molecule has 0 aliphatic heterocycles. The van der Waals surface area contributed by atoms with Crippen molar-refractivity contribution in [2.24, 2.45) is 0 Å². The summed E-state index contributed by atoms with van der Waals surface area (Å²) in [5.41, 5.74) is 0. The zero-order valence-electron chi connectivity index (χ0n) is 40.4. The molecule has 0 aromatic heterocycles. The molecule has 3 atom stereocenters. The Balaban J connectivity index is 4.86. The van der Waals surface area contributed by atoms with Crippen molar-refractivity contribution in [1.82, 2.24) is 5.32 Å². The minimum atomic E-state index is -0.830. The van der Waals surface area contributed by atoms with Gasteiger partial charge < -0.3 is 20.3 Å². The Morgan fingerprint density at radius 3 is 1.35 bits per heavy atom. The van der Waals surface area contributed by atoms with Crippen LogP contribution in [0.3, 0.4) is 0 Å². The maximum atomic E-state index is 13.2. The van der Waals surface area contributed by atoms with E-state index in [-0.39, 0.29) is 31.3 Å². The van der Waals surface area contributed by atoms with E-state index < -0.39 is 18.2 Å². The molecule has 0 fully saturated rings. The number of nitrogens with one attached hydrogen (secondary N) is 1. The van der Waals surface area contributed by atoms with Gasteiger partial charge in [0.15, 0.2) is 0 Å². The second kappa shape index (κ2) is 49.3. The fraction of sp³-hybridized carbons (Fsp3) is 0.614. The number of allylic oxidation sites excluding steroid dienone is 19. The van der Waals surface area contributed by atoms with Crippen LogP contribution in [0.2, 0.25) is 0 Å². The third-order valence-corrected chi connectivity index (χ3v) is 10.5. The van der Waals surface area contributed by atoms with Gasteiger partial charge in [0.2, 0.25) is 5.91 Å². The third-order valence-electron chi connectivity index (χ3n) is 10.5. The van der Waals surface area contributed by atoms with Gasteiger partial charge in [-0.1, -0.05) is 219 Å². The first kappa shape index (κ1) is 59.3. The van der Waals surface area contributed by atoms with E-state index in [9.17, 15) is 19.8 Å². The summed E-state index contributed by atoms with van der Waals surface area (Å²) in [7, 11) is 0. The number of unbranched alkanes of at least 4 members (excludes halogenated alkanes) is 12. The molecule has 0 bridgehead atoms. The predicted octanol–water partition coefficient (Wildman–Crippen LogP) is 15.3. The summed E-state index contributed by atoms with van der Waals surface area (Å²) in [6.45, 7) is 6.26. The van der Waals surface area contributed by atoms with Crippen LogP contribution in [0.15, 0.2) is 122 Å². The second-order valence-corrected chi connectivity index (χ2v) is 16.5. The number of carbonyl (C=O) groups is 2. The SMILES string of the molecule is CC/C=C\C/C=C\C/C=C\C/C=C\C/C=C\C/C=C\CCC(=O)OC(C/C=C\C/C=C\C/C=C\C/C=C\CCCCC)CC(=O)NC(CO)C(O)CCCCCCCCCCCC. The Hall–Kier alpha value is -3.74. The lowest BCUT2D eigenvalue weighted by molar-refractivity contribution is -0.150. The summed E-state index contributed by atoms with van der Waals surface area (Å²) in [5.74, 6) is -0.690. The van der Waals surface area contributed by atoms with Crippen LogP contribution in [0.25, 0.3) is 0 Å². The first-order chi connectivity index (χ1) is 31.0. The smallest absolute Gasteiger partial charge is 0.306 e. The molecule has 0 rings (SSSR count). The van der Waals surface area contributed by atoms with Crippen LogP contribution in [0.4, 0.5) is 0 Å². The molecule has 356 valence electrons. The minimum Gasteiger partial charge on any atom is -0.461 e. The van der Waals surface area contributed by atoms with E-state index in [0.717, 1.165) is 83.5 Å². The molecule has 63 heavy (non-hydrogen) atoms. The first-order valence-corrected chi connectivity index (χ1v) is 25.3. The van der Waals surface area contributed by atoms with E-state index in [1.807, 2.05) is 18.2 Å². The topological polar surface area (TPSA) is 95.9 Å². The van der Waals surface area contributed by atoms with Crippen LogP contribution < -0.4 is 5.32 Å². The third kappa shape index (κ3) is 44.7. The fourth-order valence-electron chi connectivity index (χ4n) is 6.73. The molecule has 0 radical (unpaired) electrons. The highest BCUT2D eigenvalue weighted by Crippen LogP contribution is 2.14. The summed E-state index contributed by atoms with van der Waals surface area (Å²) in [4.78, 5) is 26.0. The first-order valence-electron chi connectivity index (χ1n) is 25.3. The van der Waals surface area contributed by atoms with Gasteiger partial charge in [0.05, 0.1) is 25.2 Å². The van der Waals surface area contributed by atoms with E-state index in [2.05, 4.69) is 129 Å². The molecular formula is C57H93NO5. The number of ether oxygens (including phenoxy) is 1. The molecule has 0 saturated carbocycles. The van der Waals surface area contributed by atoms with Crippen molar-refractivity contribution >= 4 is 11.9 Å². The summed E-state index contributed by atoms with van der Waals surface area (Å²) < 4.78 is 5.82. The Bertz CT molecular complexity index is 1350. The van der Waals surface area contributed by atoms with E-state index in [1.54, 1.807) is 0 Å². The molecule has 0 heterocycles. The molecule has 0 aliphatic rings. The predicted molar refractivity (Wildman–Crippen MR) is 273 cm³/mol. The van der Waals surface area contributed by atoms with Crippen molar-refractivity contribution in [3.8, 4) is 0 Å². The lowest BCUT2D eigenvalue weighted by Crippen LogP contribution is -2.46. The number of esters is 1. The normalized spacial score (nSPS) is 14.3. The van der Waals surface area contributed by atoms with Gasteiger partial charge in [-0.2, -0.15) is 0 Å². The number of hydrogen-bond donors (Lipinski definition) is 3. The summed E-state index contributed by atoms with van der Waals surface area (Å²) in [5, 5.41) is 23.6. The number of aliphatic hydroxyl groups excluding tert-OH is 2. The Morgan fingerprint density at radius 1 is 0.492 bits per heavy atom. The molecular weight excluding hydrogens is 779 g/mol. The van der Waals surface area contributed by atoms with Gasteiger partial charge in [-0.3, -0.25) is 9.59 Å². The number of rotatable bonds is 43. The summed E-state index contributed by atoms with van der Waals surface area (Å²) in [6, 6.07) is -0.753. The average molecular weight is 872 g/mol. The van der Waals surface area contributed by atoms with Crippen molar-refractivity contribution in [1.29, 1.82) is 0 Å². The average Bonchev–Trinajstić information content (AvgIpc) is 3.28. The molecule has 0 spiro atoms. The van der Waals surface area contributed by atoms with E-state index in [4.69, 9.17) is 4.74 Å². The molecule has 0 aromatic rings. The van der Waals surface area contributed by atoms with Crippen LogP contribution in [-0.4, -0.2) is 46.9 Å². The molecule has 3 unspecified atom stereocenters. The molecule has 3 N–H and O–H groups in total. The Kier molecular flexibility index (Phi) is 46.4. The molecule has 0 saturated heterocycles. The maximum absolute atomic E-state index is 13.2. The molecule has 0 aromatic carbocycles. The van der Waals surface area contributed by atoms with Crippen LogP contribution in [0, 0.1) is 0 Å².